The van der Waals surface area contributed by atoms with E-state index in [4.69, 9.17) is 5.10 Å². The minimum Gasteiger partial charge on any atom is -0.322 e. The molecule has 0 spiro atoms. The molecule has 0 aliphatic heterocycles. The molecule has 31 heavy (non-hydrogen) atoms. The molecule has 7 nitrogen and oxygen atoms in total. The lowest BCUT2D eigenvalue weighted by molar-refractivity contribution is 0.102. The quantitative estimate of drug-likeness (QED) is 0.405. The maximum Gasteiger partial charge on any atom is 0.255 e. The topological polar surface area (TPSA) is 85.1 Å². The molecule has 0 fully saturated rings. The second kappa shape index (κ2) is 8.08. The number of hydrogen-bond acceptors (Lipinski definition) is 5. The van der Waals surface area contributed by atoms with Gasteiger partial charge in [0.15, 0.2) is 5.65 Å². The monoisotopic (exact) mass is 470 g/mol. The minimum absolute atomic E-state index is 0.182. The summed E-state index contributed by atoms with van der Waals surface area (Å²) in [6, 6.07) is 24.1. The van der Waals surface area contributed by atoms with E-state index >= 15 is 0 Å². The lowest BCUT2D eigenvalue weighted by atomic mass is 10.1. The summed E-state index contributed by atoms with van der Waals surface area (Å²) in [6.45, 7) is 0. The molecule has 0 bridgehead atoms. The summed E-state index contributed by atoms with van der Waals surface area (Å²) in [5.41, 5.74) is 4.15. The molecule has 150 valence electrons. The Morgan fingerprint density at radius 2 is 1.77 bits per heavy atom. The number of hydrogen-bond donors (Lipinski definition) is 1. The maximum atomic E-state index is 12.6. The molecule has 0 aliphatic rings. The van der Waals surface area contributed by atoms with E-state index in [0.717, 1.165) is 15.7 Å². The average Bonchev–Trinajstić information content (AvgIpc) is 3.23. The van der Waals surface area contributed by atoms with E-state index in [1.54, 1.807) is 22.8 Å². The van der Waals surface area contributed by atoms with Crippen molar-refractivity contribution in [3.05, 3.63) is 95.1 Å². The van der Waals surface area contributed by atoms with Gasteiger partial charge in [-0.2, -0.15) is 9.61 Å². The van der Waals surface area contributed by atoms with Crippen LogP contribution in [0.15, 0.2) is 89.5 Å². The summed E-state index contributed by atoms with van der Waals surface area (Å²) in [7, 11) is 0. The predicted molar refractivity (Wildman–Crippen MR) is 122 cm³/mol. The summed E-state index contributed by atoms with van der Waals surface area (Å²) in [5.74, 6) is 0.384. The van der Waals surface area contributed by atoms with Crippen LogP contribution in [0, 0.1) is 0 Å². The van der Waals surface area contributed by atoms with E-state index in [2.05, 4.69) is 36.4 Å². The molecular formula is C23H15BrN6O. The average molecular weight is 471 g/mol. The van der Waals surface area contributed by atoms with Gasteiger partial charge in [-0.3, -0.25) is 9.78 Å². The predicted octanol–water partition coefficient (Wildman–Crippen LogP) is 4.87. The number of carbonyl (C=O) groups is 1. The Kier molecular flexibility index (Phi) is 4.97. The van der Waals surface area contributed by atoms with Crippen LogP contribution in [0.4, 0.5) is 5.69 Å². The molecule has 0 radical (unpaired) electrons. The fourth-order valence-electron chi connectivity index (χ4n) is 3.19. The second-order valence-corrected chi connectivity index (χ2v) is 7.69. The van der Waals surface area contributed by atoms with Crippen LogP contribution >= 0.6 is 15.9 Å². The summed E-state index contributed by atoms with van der Waals surface area (Å²) in [5, 5.41) is 16.0. The zero-order valence-corrected chi connectivity index (χ0v) is 17.7. The van der Waals surface area contributed by atoms with Crippen LogP contribution in [0.3, 0.4) is 0 Å². The number of nitrogens with zero attached hydrogens (tertiary/aromatic N) is 5. The van der Waals surface area contributed by atoms with Crippen LogP contribution in [0.25, 0.3) is 28.4 Å². The fraction of sp³-hybridized carbons (Fsp3) is 0. The third-order valence-electron chi connectivity index (χ3n) is 4.66. The Hall–Kier alpha value is -3.91. The van der Waals surface area contributed by atoms with E-state index in [1.165, 1.54) is 0 Å². The highest BCUT2D eigenvalue weighted by Crippen LogP contribution is 2.23. The normalized spacial score (nSPS) is 10.9. The number of carbonyl (C=O) groups excluding carboxylic acids is 1. The zero-order valence-electron chi connectivity index (χ0n) is 16.1. The van der Waals surface area contributed by atoms with E-state index < -0.39 is 0 Å². The Morgan fingerprint density at radius 1 is 0.871 bits per heavy atom. The number of benzene rings is 2. The number of aromatic nitrogens is 5. The third-order valence-corrected chi connectivity index (χ3v) is 5.15. The number of anilines is 1. The molecule has 5 rings (SSSR count). The van der Waals surface area contributed by atoms with Gasteiger partial charge in [0.1, 0.15) is 5.69 Å². The van der Waals surface area contributed by atoms with E-state index in [0.29, 0.717) is 28.4 Å². The van der Waals surface area contributed by atoms with Gasteiger partial charge in [-0.05, 0) is 54.6 Å². The Labute approximate surface area is 185 Å². The maximum absolute atomic E-state index is 12.6. The number of rotatable bonds is 4. The lowest BCUT2D eigenvalue weighted by Crippen LogP contribution is -2.11. The van der Waals surface area contributed by atoms with Gasteiger partial charge in [-0.25, -0.2) is 0 Å². The number of fused-ring (bicyclic) bond motifs is 1. The van der Waals surface area contributed by atoms with Gasteiger partial charge in [-0.1, -0.05) is 40.2 Å². The van der Waals surface area contributed by atoms with Crippen molar-refractivity contribution in [1.82, 2.24) is 24.8 Å². The van der Waals surface area contributed by atoms with E-state index in [-0.39, 0.29) is 5.91 Å². The summed E-state index contributed by atoms with van der Waals surface area (Å²) in [4.78, 5) is 16.9. The van der Waals surface area contributed by atoms with Crippen molar-refractivity contribution in [3.8, 4) is 22.8 Å². The number of pyridine rings is 1. The van der Waals surface area contributed by atoms with Crippen molar-refractivity contribution in [2.24, 2.45) is 0 Å². The molecule has 0 atom stereocenters. The Balaban J connectivity index is 1.47. The summed E-state index contributed by atoms with van der Waals surface area (Å²) >= 11 is 3.39. The van der Waals surface area contributed by atoms with Crippen LogP contribution in [0.1, 0.15) is 10.4 Å². The van der Waals surface area contributed by atoms with Crippen molar-refractivity contribution in [2.45, 2.75) is 0 Å². The smallest absolute Gasteiger partial charge is 0.255 e. The molecule has 0 aliphatic carbocycles. The molecule has 8 heteroatoms. The van der Waals surface area contributed by atoms with Gasteiger partial charge in [0.2, 0.25) is 5.82 Å². The fourth-order valence-corrected chi connectivity index (χ4v) is 3.59. The van der Waals surface area contributed by atoms with Gasteiger partial charge in [0.25, 0.3) is 5.91 Å². The third kappa shape index (κ3) is 3.93. The molecule has 3 heterocycles. The van der Waals surface area contributed by atoms with Crippen molar-refractivity contribution in [1.29, 1.82) is 0 Å². The molecule has 5 aromatic rings. The summed E-state index contributed by atoms with van der Waals surface area (Å²) in [6.07, 6.45) is 1.71. The molecule has 0 unspecified atom stereocenters. The molecule has 0 saturated carbocycles. The molecule has 2 aromatic carbocycles. The molecular weight excluding hydrogens is 456 g/mol. The van der Waals surface area contributed by atoms with Crippen LogP contribution in [0.5, 0.6) is 0 Å². The van der Waals surface area contributed by atoms with Crippen molar-refractivity contribution in [2.75, 3.05) is 5.32 Å². The van der Waals surface area contributed by atoms with Gasteiger partial charge >= 0.3 is 0 Å². The SMILES string of the molecule is O=C(Nc1cccc(-c2ccc3nnc(-c4ccccn4)n3n2)c1)c1cccc(Br)c1. The lowest BCUT2D eigenvalue weighted by Gasteiger charge is -2.08. The highest BCUT2D eigenvalue weighted by Gasteiger charge is 2.12. The first-order valence-corrected chi connectivity index (χ1v) is 10.3. The minimum atomic E-state index is -0.182. The molecule has 3 aromatic heterocycles. The van der Waals surface area contributed by atoms with Gasteiger partial charge in [0.05, 0.1) is 5.69 Å². The highest BCUT2D eigenvalue weighted by molar-refractivity contribution is 9.10. The first kappa shape index (κ1) is 19.1. The van der Waals surface area contributed by atoms with Crippen molar-refractivity contribution < 1.29 is 4.79 Å². The first-order valence-electron chi connectivity index (χ1n) is 9.49. The van der Waals surface area contributed by atoms with Gasteiger partial charge < -0.3 is 5.32 Å². The van der Waals surface area contributed by atoms with Crippen LogP contribution in [-0.2, 0) is 0 Å². The zero-order chi connectivity index (χ0) is 21.2. The molecule has 0 saturated heterocycles. The van der Waals surface area contributed by atoms with E-state index in [9.17, 15) is 4.79 Å². The summed E-state index contributed by atoms with van der Waals surface area (Å²) < 4.78 is 2.52. The number of halogens is 1. The van der Waals surface area contributed by atoms with E-state index in [1.807, 2.05) is 66.7 Å². The molecule has 1 N–H and O–H groups in total. The van der Waals surface area contributed by atoms with Crippen LogP contribution < -0.4 is 5.32 Å². The van der Waals surface area contributed by atoms with Crippen molar-refractivity contribution in [3.63, 3.8) is 0 Å². The van der Waals surface area contributed by atoms with Gasteiger partial charge in [-0.15, -0.1) is 10.2 Å². The number of amides is 1. The van der Waals surface area contributed by atoms with Gasteiger partial charge in [0, 0.05) is 27.5 Å². The first-order chi connectivity index (χ1) is 15.2. The standard InChI is InChI=1S/C23H15BrN6O/c24-17-7-3-6-16(13-17)23(31)26-18-8-4-5-15(14-18)19-10-11-21-27-28-22(30(21)29-19)20-9-1-2-12-25-20/h1-14H,(H,26,31). The highest BCUT2D eigenvalue weighted by atomic mass is 79.9. The van der Waals surface area contributed by atoms with Crippen molar-refractivity contribution >= 4 is 33.2 Å². The Bertz CT molecular complexity index is 1400. The van der Waals surface area contributed by atoms with Crippen LogP contribution in [-0.4, -0.2) is 30.7 Å². The second-order valence-electron chi connectivity index (χ2n) is 6.77. The molecule has 1 amide bonds. The Morgan fingerprint density at radius 3 is 2.61 bits per heavy atom. The number of nitrogens with one attached hydrogen (secondary N) is 1. The largest absolute Gasteiger partial charge is 0.322 e. The van der Waals surface area contributed by atoms with Crippen LogP contribution in [0.2, 0.25) is 0 Å².